The van der Waals surface area contributed by atoms with Gasteiger partial charge in [-0.2, -0.15) is 0 Å². The number of Topliss-reactive ketones (excluding diaryl/α,β-unsaturated/α-hetero) is 1. The highest BCUT2D eigenvalue weighted by atomic mass is 16.6. The molecule has 2 heterocycles. The number of amides is 1. The van der Waals surface area contributed by atoms with Crippen LogP contribution in [0.3, 0.4) is 0 Å². The van der Waals surface area contributed by atoms with Crippen LogP contribution < -0.4 is 0 Å². The van der Waals surface area contributed by atoms with Gasteiger partial charge in [-0.1, -0.05) is 54.6 Å². The fourth-order valence-electron chi connectivity index (χ4n) is 4.36. The van der Waals surface area contributed by atoms with Gasteiger partial charge in [-0.3, -0.25) is 9.69 Å². The molecule has 0 unspecified atom stereocenters. The summed E-state index contributed by atoms with van der Waals surface area (Å²) in [6.45, 7) is 2.48. The van der Waals surface area contributed by atoms with Crippen LogP contribution in [0.4, 0.5) is 4.79 Å². The molecular weight excluding hydrogens is 414 g/mol. The molecule has 0 bridgehead atoms. The third-order valence-electron chi connectivity index (χ3n) is 6.11. The molecule has 5 rings (SSSR count). The van der Waals surface area contributed by atoms with Gasteiger partial charge in [0.1, 0.15) is 12.4 Å². The van der Waals surface area contributed by atoms with E-state index in [1.165, 1.54) is 0 Å². The van der Waals surface area contributed by atoms with Gasteiger partial charge in [0.25, 0.3) is 0 Å². The topological polar surface area (TPSA) is 75.3 Å². The standard InChI is InChI=1S/C27H25N3O3/c1-18(31)20-9-5-10-21(15-20)22-12-13-23-24(16-22)29-26(28-23)25-11-6-14-30(25)27(32)33-17-19-7-3-2-4-8-19/h2-5,7-10,12-13,15-16,25H,6,11,14,17H2,1H3,(H,28,29)/t25-/m0/s1. The largest absolute Gasteiger partial charge is 0.445 e. The minimum Gasteiger partial charge on any atom is -0.445 e. The van der Waals surface area contributed by atoms with Gasteiger partial charge >= 0.3 is 6.09 Å². The number of ether oxygens (including phenoxy) is 1. The zero-order valence-electron chi connectivity index (χ0n) is 18.5. The number of nitrogens with one attached hydrogen (secondary N) is 1. The highest BCUT2D eigenvalue weighted by molar-refractivity contribution is 5.95. The summed E-state index contributed by atoms with van der Waals surface area (Å²) < 4.78 is 5.56. The summed E-state index contributed by atoms with van der Waals surface area (Å²) in [5, 5.41) is 0. The molecule has 0 saturated carbocycles. The van der Waals surface area contributed by atoms with Crippen LogP contribution >= 0.6 is 0 Å². The molecular formula is C27H25N3O3. The van der Waals surface area contributed by atoms with Crippen LogP contribution in [0.2, 0.25) is 0 Å². The van der Waals surface area contributed by atoms with Gasteiger partial charge in [-0.25, -0.2) is 9.78 Å². The number of hydrogen-bond donors (Lipinski definition) is 1. The van der Waals surface area contributed by atoms with Gasteiger partial charge in [0.15, 0.2) is 5.78 Å². The molecule has 0 radical (unpaired) electrons. The van der Waals surface area contributed by atoms with E-state index in [0.717, 1.165) is 46.4 Å². The average Bonchev–Trinajstić information content (AvgIpc) is 3.50. The first-order chi connectivity index (χ1) is 16.1. The van der Waals surface area contributed by atoms with Crippen LogP contribution in [0.15, 0.2) is 72.8 Å². The van der Waals surface area contributed by atoms with E-state index in [9.17, 15) is 9.59 Å². The fourth-order valence-corrected chi connectivity index (χ4v) is 4.36. The van der Waals surface area contributed by atoms with Crippen molar-refractivity contribution in [2.75, 3.05) is 6.54 Å². The van der Waals surface area contributed by atoms with Crippen molar-refractivity contribution >= 4 is 22.9 Å². The first-order valence-corrected chi connectivity index (χ1v) is 11.2. The molecule has 1 amide bonds. The fraction of sp³-hybridized carbons (Fsp3) is 0.222. The summed E-state index contributed by atoms with van der Waals surface area (Å²) in [6.07, 6.45) is 1.43. The maximum absolute atomic E-state index is 12.8. The molecule has 1 saturated heterocycles. The average molecular weight is 440 g/mol. The molecule has 1 aliphatic rings. The molecule has 6 heteroatoms. The lowest BCUT2D eigenvalue weighted by molar-refractivity contribution is 0.0909. The van der Waals surface area contributed by atoms with Crippen molar-refractivity contribution in [1.82, 2.24) is 14.9 Å². The van der Waals surface area contributed by atoms with E-state index >= 15 is 0 Å². The number of aromatic amines is 1. The Morgan fingerprint density at radius 2 is 1.85 bits per heavy atom. The van der Waals surface area contributed by atoms with Crippen molar-refractivity contribution in [1.29, 1.82) is 0 Å². The second-order valence-corrected chi connectivity index (χ2v) is 8.38. The Bertz CT molecular complexity index is 1310. The van der Waals surface area contributed by atoms with Gasteiger partial charge in [-0.15, -0.1) is 0 Å². The smallest absolute Gasteiger partial charge is 0.410 e. The summed E-state index contributed by atoms with van der Waals surface area (Å²) in [7, 11) is 0. The molecule has 0 spiro atoms. The van der Waals surface area contributed by atoms with Crippen molar-refractivity contribution in [2.45, 2.75) is 32.4 Å². The number of imidazole rings is 1. The highest BCUT2D eigenvalue weighted by Crippen LogP contribution is 2.33. The number of likely N-dealkylation sites (tertiary alicyclic amines) is 1. The number of H-pyrrole nitrogens is 1. The number of nitrogens with zero attached hydrogens (tertiary/aromatic N) is 2. The molecule has 166 valence electrons. The Morgan fingerprint density at radius 1 is 1.03 bits per heavy atom. The number of carbonyl (C=O) groups is 2. The second-order valence-electron chi connectivity index (χ2n) is 8.38. The first-order valence-electron chi connectivity index (χ1n) is 11.2. The normalized spacial score (nSPS) is 15.7. The molecule has 3 aromatic carbocycles. The van der Waals surface area contributed by atoms with E-state index in [4.69, 9.17) is 9.72 Å². The number of ketones is 1. The third kappa shape index (κ3) is 4.37. The molecule has 33 heavy (non-hydrogen) atoms. The predicted octanol–water partition coefficient (Wildman–Crippen LogP) is 5.91. The predicted molar refractivity (Wildman–Crippen MR) is 127 cm³/mol. The number of carbonyl (C=O) groups excluding carboxylic acids is 2. The van der Waals surface area contributed by atoms with Crippen LogP contribution in [-0.4, -0.2) is 33.3 Å². The van der Waals surface area contributed by atoms with Crippen LogP contribution in [0, 0.1) is 0 Å². The SMILES string of the molecule is CC(=O)c1cccc(-c2ccc3nc([C@@H]4CCCN4C(=O)OCc4ccccc4)[nH]c3c2)c1. The molecule has 1 fully saturated rings. The third-order valence-corrected chi connectivity index (χ3v) is 6.11. The summed E-state index contributed by atoms with van der Waals surface area (Å²) in [5.74, 6) is 0.816. The van der Waals surface area contributed by atoms with E-state index in [0.29, 0.717) is 12.1 Å². The van der Waals surface area contributed by atoms with Crippen molar-refractivity contribution in [3.8, 4) is 11.1 Å². The Labute approximate surface area is 192 Å². The van der Waals surface area contributed by atoms with Gasteiger partial charge in [0, 0.05) is 12.1 Å². The molecule has 4 aromatic rings. The number of benzene rings is 3. The molecule has 6 nitrogen and oxygen atoms in total. The van der Waals surface area contributed by atoms with Crippen molar-refractivity contribution in [3.63, 3.8) is 0 Å². The zero-order chi connectivity index (χ0) is 22.8. The van der Waals surface area contributed by atoms with E-state index in [1.54, 1.807) is 11.8 Å². The number of aromatic nitrogens is 2. The van der Waals surface area contributed by atoms with E-state index in [2.05, 4.69) is 4.98 Å². The van der Waals surface area contributed by atoms with Crippen molar-refractivity contribution < 1.29 is 14.3 Å². The van der Waals surface area contributed by atoms with E-state index < -0.39 is 0 Å². The maximum Gasteiger partial charge on any atom is 0.410 e. The van der Waals surface area contributed by atoms with Gasteiger partial charge in [0.05, 0.1) is 17.1 Å². The van der Waals surface area contributed by atoms with Crippen LogP contribution in [0.25, 0.3) is 22.2 Å². The monoisotopic (exact) mass is 439 g/mol. The Hall–Kier alpha value is -3.93. The number of rotatable bonds is 5. The van der Waals surface area contributed by atoms with Crippen molar-refractivity contribution in [2.24, 2.45) is 0 Å². The zero-order valence-corrected chi connectivity index (χ0v) is 18.5. The van der Waals surface area contributed by atoms with E-state index in [1.807, 2.05) is 72.8 Å². The molecule has 1 N–H and O–H groups in total. The minimum atomic E-state index is -0.316. The van der Waals surface area contributed by atoms with Crippen LogP contribution in [0.5, 0.6) is 0 Å². The Balaban J connectivity index is 1.36. The summed E-state index contributed by atoms with van der Waals surface area (Å²) in [6, 6.07) is 23.2. The summed E-state index contributed by atoms with van der Waals surface area (Å²) in [5.41, 5.74) is 5.39. The van der Waals surface area contributed by atoms with E-state index in [-0.39, 0.29) is 24.5 Å². The Kier molecular flexibility index (Phi) is 5.65. The minimum absolute atomic E-state index is 0.0437. The molecule has 0 aliphatic carbocycles. The number of hydrogen-bond acceptors (Lipinski definition) is 4. The molecule has 1 atom stereocenters. The first kappa shape index (κ1) is 20.9. The van der Waals surface area contributed by atoms with Crippen molar-refractivity contribution in [3.05, 3.63) is 89.7 Å². The summed E-state index contributed by atoms with van der Waals surface area (Å²) in [4.78, 5) is 34.5. The molecule has 1 aliphatic heterocycles. The number of fused-ring (bicyclic) bond motifs is 1. The van der Waals surface area contributed by atoms with Gasteiger partial charge in [-0.05, 0) is 54.7 Å². The second kappa shape index (κ2) is 8.90. The quantitative estimate of drug-likeness (QED) is 0.393. The lowest BCUT2D eigenvalue weighted by Gasteiger charge is -2.22. The maximum atomic E-state index is 12.8. The highest BCUT2D eigenvalue weighted by Gasteiger charge is 2.33. The lowest BCUT2D eigenvalue weighted by atomic mass is 10.0. The van der Waals surface area contributed by atoms with Gasteiger partial charge in [0.2, 0.25) is 0 Å². The van der Waals surface area contributed by atoms with Crippen LogP contribution in [0.1, 0.15) is 47.6 Å². The molecule has 1 aromatic heterocycles. The van der Waals surface area contributed by atoms with Crippen LogP contribution in [-0.2, 0) is 11.3 Å². The Morgan fingerprint density at radius 3 is 2.67 bits per heavy atom. The summed E-state index contributed by atoms with van der Waals surface area (Å²) >= 11 is 0. The lowest BCUT2D eigenvalue weighted by Crippen LogP contribution is -2.31. The van der Waals surface area contributed by atoms with Gasteiger partial charge < -0.3 is 9.72 Å².